The molecule has 2 amide bonds. The molecule has 0 unspecified atom stereocenters. The largest absolute Gasteiger partial charge is 0.376 e. The van der Waals surface area contributed by atoms with E-state index in [4.69, 9.17) is 22.2 Å². The van der Waals surface area contributed by atoms with Crippen LogP contribution in [0.4, 0.5) is 0 Å². The van der Waals surface area contributed by atoms with Crippen LogP contribution >= 0.6 is 11.6 Å². The molecule has 0 spiro atoms. The predicted octanol–water partition coefficient (Wildman–Crippen LogP) is -0.120. The number of nitrogens with one attached hydrogen (secondary N) is 1. The number of nitrogens with zero attached hydrogens (tertiary/aromatic N) is 1. The predicted molar refractivity (Wildman–Crippen MR) is 88.6 cm³/mol. The molecule has 0 saturated heterocycles. The SMILES string of the molecule is NC(=[NH+]OC(=O)CN1C(=O)c2ccccc2C1=O)c1ccc(Cl)cc1. The second-order valence-corrected chi connectivity index (χ2v) is 5.68. The number of amides is 2. The molecule has 3 N–H and O–H groups in total. The first-order valence-electron chi connectivity index (χ1n) is 7.26. The van der Waals surface area contributed by atoms with Gasteiger partial charge in [-0.3, -0.25) is 25.1 Å². The van der Waals surface area contributed by atoms with Crippen LogP contribution in [0.1, 0.15) is 26.3 Å². The molecular formula is C17H13ClN3O4+. The Balaban J connectivity index is 1.65. The molecule has 8 heteroatoms. The van der Waals surface area contributed by atoms with Gasteiger partial charge in [-0.15, -0.1) is 0 Å². The number of carbonyl (C=O) groups is 3. The molecule has 2 aromatic carbocycles. The summed E-state index contributed by atoms with van der Waals surface area (Å²) in [5, 5.41) is 2.84. The Hall–Kier alpha value is -3.19. The summed E-state index contributed by atoms with van der Waals surface area (Å²) in [6, 6.07) is 12.9. The van der Waals surface area contributed by atoms with Crippen molar-refractivity contribution in [2.75, 3.05) is 6.54 Å². The number of rotatable bonds is 4. The summed E-state index contributed by atoms with van der Waals surface area (Å²) in [4.78, 5) is 41.9. The number of amidine groups is 1. The maximum atomic E-state index is 12.2. The number of halogens is 1. The van der Waals surface area contributed by atoms with Crippen LogP contribution in [0, 0.1) is 0 Å². The van der Waals surface area contributed by atoms with Crippen LogP contribution in [0.25, 0.3) is 0 Å². The highest BCUT2D eigenvalue weighted by Crippen LogP contribution is 2.21. The molecular weight excluding hydrogens is 346 g/mol. The van der Waals surface area contributed by atoms with Crippen LogP contribution in [0.2, 0.25) is 5.02 Å². The van der Waals surface area contributed by atoms with Gasteiger partial charge in [0.2, 0.25) is 0 Å². The van der Waals surface area contributed by atoms with Gasteiger partial charge in [0, 0.05) is 5.02 Å². The monoisotopic (exact) mass is 358 g/mol. The summed E-state index contributed by atoms with van der Waals surface area (Å²) in [6.07, 6.45) is 0. The van der Waals surface area contributed by atoms with Gasteiger partial charge < -0.3 is 0 Å². The van der Waals surface area contributed by atoms with Crippen LogP contribution in [0.3, 0.4) is 0 Å². The van der Waals surface area contributed by atoms with Gasteiger partial charge >= 0.3 is 11.8 Å². The Morgan fingerprint density at radius 3 is 2.16 bits per heavy atom. The first-order chi connectivity index (χ1) is 12.0. The molecule has 0 saturated carbocycles. The van der Waals surface area contributed by atoms with E-state index in [-0.39, 0.29) is 17.0 Å². The summed E-state index contributed by atoms with van der Waals surface area (Å²) in [7, 11) is 0. The molecule has 1 heterocycles. The third-order valence-electron chi connectivity index (χ3n) is 3.60. The van der Waals surface area contributed by atoms with Crippen molar-refractivity contribution in [1.82, 2.24) is 4.90 Å². The Morgan fingerprint density at radius 2 is 1.60 bits per heavy atom. The Morgan fingerprint density at radius 1 is 1.04 bits per heavy atom. The second-order valence-electron chi connectivity index (χ2n) is 5.24. The van der Waals surface area contributed by atoms with Crippen LogP contribution in [0.15, 0.2) is 48.5 Å². The average Bonchev–Trinajstić information content (AvgIpc) is 2.86. The highest BCUT2D eigenvalue weighted by atomic mass is 35.5. The van der Waals surface area contributed by atoms with Gasteiger partial charge in [-0.25, -0.2) is 4.79 Å². The van der Waals surface area contributed by atoms with Gasteiger partial charge in [-0.05, 0) is 36.4 Å². The van der Waals surface area contributed by atoms with Gasteiger partial charge in [0.05, 0.1) is 16.7 Å². The van der Waals surface area contributed by atoms with Gasteiger partial charge in [0.1, 0.15) is 6.54 Å². The number of imide groups is 1. The van der Waals surface area contributed by atoms with Crippen molar-refractivity contribution in [2.24, 2.45) is 5.73 Å². The van der Waals surface area contributed by atoms with Crippen molar-refractivity contribution in [2.45, 2.75) is 0 Å². The third kappa shape index (κ3) is 3.36. The van der Waals surface area contributed by atoms with Gasteiger partial charge in [0.25, 0.3) is 11.8 Å². The minimum atomic E-state index is -0.827. The zero-order chi connectivity index (χ0) is 18.0. The summed E-state index contributed by atoms with van der Waals surface area (Å²) >= 11 is 5.78. The highest BCUT2D eigenvalue weighted by molar-refractivity contribution is 6.30. The first kappa shape index (κ1) is 16.7. The van der Waals surface area contributed by atoms with Crippen LogP contribution in [0.5, 0.6) is 0 Å². The molecule has 0 atom stereocenters. The van der Waals surface area contributed by atoms with E-state index in [1.165, 1.54) is 12.1 Å². The fourth-order valence-corrected chi connectivity index (χ4v) is 2.47. The van der Waals surface area contributed by atoms with Crippen molar-refractivity contribution in [3.63, 3.8) is 0 Å². The molecule has 126 valence electrons. The molecule has 0 aromatic heterocycles. The van der Waals surface area contributed by atoms with Crippen molar-refractivity contribution >= 4 is 35.2 Å². The van der Waals surface area contributed by atoms with Gasteiger partial charge in [0.15, 0.2) is 0 Å². The maximum Gasteiger partial charge on any atom is 0.376 e. The van der Waals surface area contributed by atoms with Crippen LogP contribution < -0.4 is 10.9 Å². The average molecular weight is 359 g/mol. The minimum absolute atomic E-state index is 0.0902. The minimum Gasteiger partial charge on any atom is -0.284 e. The number of nitrogens with two attached hydrogens (primary N) is 1. The lowest BCUT2D eigenvalue weighted by Gasteiger charge is -2.10. The zero-order valence-corrected chi connectivity index (χ0v) is 13.6. The molecule has 0 radical (unpaired) electrons. The lowest BCUT2D eigenvalue weighted by molar-refractivity contribution is -0.723. The second kappa shape index (κ2) is 6.74. The number of hydrogen-bond donors (Lipinski definition) is 2. The normalized spacial score (nSPS) is 13.8. The van der Waals surface area contributed by atoms with E-state index in [0.29, 0.717) is 10.6 Å². The smallest absolute Gasteiger partial charge is 0.284 e. The zero-order valence-electron chi connectivity index (χ0n) is 12.9. The lowest BCUT2D eigenvalue weighted by atomic mass is 10.1. The summed E-state index contributed by atoms with van der Waals surface area (Å²) in [5.41, 5.74) is 6.86. The van der Waals surface area contributed by atoms with Crippen LogP contribution in [-0.4, -0.2) is 35.1 Å². The van der Waals surface area contributed by atoms with Crippen molar-refractivity contribution < 1.29 is 24.4 Å². The first-order valence-corrected chi connectivity index (χ1v) is 7.64. The Labute approximate surface area is 147 Å². The van der Waals surface area contributed by atoms with Crippen LogP contribution in [-0.2, 0) is 9.63 Å². The Kier molecular flexibility index (Phi) is 4.49. The van der Waals surface area contributed by atoms with Crippen molar-refractivity contribution in [3.8, 4) is 0 Å². The molecule has 3 rings (SSSR count). The molecule has 25 heavy (non-hydrogen) atoms. The summed E-state index contributed by atoms with van der Waals surface area (Å²) in [5.74, 6) is -1.81. The number of hydrogen-bond acceptors (Lipinski definition) is 4. The van der Waals surface area contributed by atoms with Gasteiger partial charge in [-0.1, -0.05) is 28.9 Å². The lowest BCUT2D eigenvalue weighted by Crippen LogP contribution is -2.76. The fourth-order valence-electron chi connectivity index (χ4n) is 2.34. The number of benzene rings is 2. The molecule has 1 aliphatic rings. The van der Waals surface area contributed by atoms with E-state index in [9.17, 15) is 14.4 Å². The van der Waals surface area contributed by atoms with E-state index in [1.54, 1.807) is 36.4 Å². The van der Waals surface area contributed by atoms with E-state index >= 15 is 0 Å². The Bertz CT molecular complexity index is 858. The third-order valence-corrected chi connectivity index (χ3v) is 3.85. The van der Waals surface area contributed by atoms with E-state index in [0.717, 1.165) is 4.90 Å². The molecule has 0 fully saturated rings. The number of nitrogen functional groups attached to an aromatic ring is 1. The molecule has 7 nitrogen and oxygen atoms in total. The number of carbonyl (C=O) groups excluding carboxylic acids is 3. The maximum absolute atomic E-state index is 12.2. The van der Waals surface area contributed by atoms with E-state index in [2.05, 4.69) is 5.16 Å². The molecule has 2 aromatic rings. The number of fused-ring (bicyclic) bond motifs is 1. The standard InChI is InChI=1S/C17H12ClN3O4/c18-11-7-5-10(6-8-11)15(19)20-25-14(22)9-21-16(23)12-3-1-2-4-13(12)17(21)24/h1-8H,9H2,(H2,19,20)/p+1. The quantitative estimate of drug-likeness (QED) is 0.261. The fraction of sp³-hybridized carbons (Fsp3) is 0.0588. The van der Waals surface area contributed by atoms with E-state index in [1.807, 2.05) is 0 Å². The summed E-state index contributed by atoms with van der Waals surface area (Å²) < 4.78 is 0. The van der Waals surface area contributed by atoms with Gasteiger partial charge in [-0.2, -0.15) is 0 Å². The van der Waals surface area contributed by atoms with Crippen molar-refractivity contribution in [1.29, 1.82) is 0 Å². The van der Waals surface area contributed by atoms with E-state index < -0.39 is 24.3 Å². The molecule has 0 bridgehead atoms. The highest BCUT2D eigenvalue weighted by Gasteiger charge is 2.36. The molecule has 0 aliphatic carbocycles. The topological polar surface area (TPSA) is 104 Å². The van der Waals surface area contributed by atoms with Crippen molar-refractivity contribution in [3.05, 3.63) is 70.2 Å². The molecule has 1 aliphatic heterocycles. The summed E-state index contributed by atoms with van der Waals surface area (Å²) in [6.45, 7) is -0.521.